The number of hydrogen-bond acceptors (Lipinski definition) is 5. The highest BCUT2D eigenvalue weighted by Crippen LogP contribution is 2.26. The van der Waals surface area contributed by atoms with Gasteiger partial charge in [-0.1, -0.05) is 0 Å². The second-order valence-corrected chi connectivity index (χ2v) is 5.90. The van der Waals surface area contributed by atoms with Crippen molar-refractivity contribution in [3.8, 4) is 0 Å². The number of nitrogens with one attached hydrogen (secondary N) is 1. The number of furan rings is 1. The van der Waals surface area contributed by atoms with E-state index in [0.29, 0.717) is 22.9 Å². The topological polar surface area (TPSA) is 72.4 Å². The zero-order valence-electron chi connectivity index (χ0n) is 12.8. The normalized spacial score (nSPS) is 11.2. The van der Waals surface area contributed by atoms with Crippen LogP contribution in [-0.4, -0.2) is 21.9 Å². The Bertz CT molecular complexity index is 830. The molecule has 3 rings (SSSR count). The largest absolute Gasteiger partial charge is 0.467 e. The third-order valence-electron chi connectivity index (χ3n) is 3.27. The number of aryl methyl sites for hydroxylation is 2. The Morgan fingerprint density at radius 3 is 3.09 bits per heavy atom. The van der Waals surface area contributed by atoms with Crippen molar-refractivity contribution in [1.82, 2.24) is 15.1 Å². The van der Waals surface area contributed by atoms with Crippen LogP contribution in [0.5, 0.6) is 0 Å². The van der Waals surface area contributed by atoms with E-state index in [1.807, 2.05) is 31.6 Å². The standard InChI is InChI=1S/C16H16N4O2S/c1-11-12(10-20(2)19-11)8-18-16-14(5-7-23-16)15(21)17-9-13-4-3-6-22-13/h3-8,10H,9H2,1-2H3,(H,17,21). The van der Waals surface area contributed by atoms with E-state index >= 15 is 0 Å². The van der Waals surface area contributed by atoms with Crippen molar-refractivity contribution in [2.45, 2.75) is 13.5 Å². The molecule has 0 saturated heterocycles. The fourth-order valence-electron chi connectivity index (χ4n) is 2.12. The van der Waals surface area contributed by atoms with Gasteiger partial charge in [0, 0.05) is 25.0 Å². The number of rotatable bonds is 5. The Kier molecular flexibility index (Phi) is 4.38. The summed E-state index contributed by atoms with van der Waals surface area (Å²) < 4.78 is 6.94. The minimum atomic E-state index is -0.169. The third-order valence-corrected chi connectivity index (χ3v) is 4.09. The van der Waals surface area contributed by atoms with Crippen LogP contribution < -0.4 is 5.32 Å². The molecule has 23 heavy (non-hydrogen) atoms. The van der Waals surface area contributed by atoms with Gasteiger partial charge in [0.2, 0.25) is 0 Å². The molecule has 0 bridgehead atoms. The molecule has 0 fully saturated rings. The molecule has 1 amide bonds. The van der Waals surface area contributed by atoms with Crippen molar-refractivity contribution in [3.05, 3.63) is 58.6 Å². The van der Waals surface area contributed by atoms with Crippen LogP contribution >= 0.6 is 11.3 Å². The van der Waals surface area contributed by atoms with Crippen LogP contribution in [0.4, 0.5) is 5.00 Å². The zero-order valence-corrected chi connectivity index (χ0v) is 13.6. The molecule has 0 aromatic carbocycles. The van der Waals surface area contributed by atoms with Crippen molar-refractivity contribution < 1.29 is 9.21 Å². The Balaban J connectivity index is 1.71. The Hall–Kier alpha value is -2.67. The summed E-state index contributed by atoms with van der Waals surface area (Å²) in [4.78, 5) is 16.7. The summed E-state index contributed by atoms with van der Waals surface area (Å²) >= 11 is 1.42. The molecule has 0 aliphatic rings. The highest BCUT2D eigenvalue weighted by Gasteiger charge is 2.12. The molecular weight excluding hydrogens is 312 g/mol. The highest BCUT2D eigenvalue weighted by atomic mass is 32.1. The maximum Gasteiger partial charge on any atom is 0.254 e. The van der Waals surface area contributed by atoms with Crippen LogP contribution in [0, 0.1) is 6.92 Å². The first-order valence-corrected chi connectivity index (χ1v) is 7.94. The first kappa shape index (κ1) is 15.2. The Morgan fingerprint density at radius 2 is 2.39 bits per heavy atom. The second-order valence-electron chi connectivity index (χ2n) is 5.00. The van der Waals surface area contributed by atoms with Crippen LogP contribution in [0.25, 0.3) is 0 Å². The lowest BCUT2D eigenvalue weighted by atomic mass is 10.3. The molecule has 0 unspecified atom stereocenters. The summed E-state index contributed by atoms with van der Waals surface area (Å²) in [6, 6.07) is 5.38. The summed E-state index contributed by atoms with van der Waals surface area (Å²) in [7, 11) is 1.86. The van der Waals surface area contributed by atoms with Gasteiger partial charge in [-0.3, -0.25) is 9.48 Å². The lowest BCUT2D eigenvalue weighted by molar-refractivity contribution is 0.0949. The molecule has 0 radical (unpaired) electrons. The van der Waals surface area contributed by atoms with Crippen molar-refractivity contribution in [3.63, 3.8) is 0 Å². The van der Waals surface area contributed by atoms with Gasteiger partial charge in [-0.25, -0.2) is 4.99 Å². The van der Waals surface area contributed by atoms with Gasteiger partial charge >= 0.3 is 0 Å². The van der Waals surface area contributed by atoms with Crippen LogP contribution in [0.1, 0.15) is 27.4 Å². The van der Waals surface area contributed by atoms with Crippen LogP contribution in [0.15, 0.2) is 45.4 Å². The molecule has 0 aliphatic heterocycles. The number of amides is 1. The van der Waals surface area contributed by atoms with Crippen molar-refractivity contribution in [2.24, 2.45) is 12.0 Å². The quantitative estimate of drug-likeness (QED) is 0.732. The molecule has 3 aromatic rings. The number of carbonyl (C=O) groups is 1. The van der Waals surface area contributed by atoms with Gasteiger partial charge in [0.15, 0.2) is 0 Å². The molecule has 118 valence electrons. The van der Waals surface area contributed by atoms with Gasteiger partial charge in [-0.15, -0.1) is 11.3 Å². The molecule has 1 N–H and O–H groups in total. The van der Waals surface area contributed by atoms with Crippen molar-refractivity contribution in [1.29, 1.82) is 0 Å². The summed E-state index contributed by atoms with van der Waals surface area (Å²) in [5, 5.41) is 9.61. The maximum atomic E-state index is 12.3. The highest BCUT2D eigenvalue weighted by molar-refractivity contribution is 7.14. The lowest BCUT2D eigenvalue weighted by Gasteiger charge is -2.02. The van der Waals surface area contributed by atoms with Gasteiger partial charge in [-0.2, -0.15) is 5.10 Å². The van der Waals surface area contributed by atoms with Crippen molar-refractivity contribution in [2.75, 3.05) is 0 Å². The molecule has 3 aromatic heterocycles. The van der Waals surface area contributed by atoms with Gasteiger partial charge in [-0.05, 0) is 30.5 Å². The van der Waals surface area contributed by atoms with Gasteiger partial charge < -0.3 is 9.73 Å². The predicted octanol–water partition coefficient (Wildman–Crippen LogP) is 3.06. The average Bonchev–Trinajstić information content (AvgIpc) is 3.24. The van der Waals surface area contributed by atoms with E-state index in [-0.39, 0.29) is 5.91 Å². The zero-order chi connectivity index (χ0) is 16.2. The molecule has 0 atom stereocenters. The van der Waals surface area contributed by atoms with Gasteiger partial charge in [0.05, 0.1) is 24.1 Å². The number of carbonyl (C=O) groups excluding carboxylic acids is 1. The molecule has 3 heterocycles. The van der Waals surface area contributed by atoms with E-state index in [4.69, 9.17) is 4.42 Å². The first-order chi connectivity index (χ1) is 11.1. The minimum absolute atomic E-state index is 0.169. The number of aliphatic imine (C=N–C) groups is 1. The fourth-order valence-corrected chi connectivity index (χ4v) is 2.86. The summed E-state index contributed by atoms with van der Waals surface area (Å²) in [5.41, 5.74) is 2.39. The molecule has 7 heteroatoms. The van der Waals surface area contributed by atoms with Crippen LogP contribution in [0.2, 0.25) is 0 Å². The maximum absolute atomic E-state index is 12.3. The van der Waals surface area contributed by atoms with E-state index in [2.05, 4.69) is 15.4 Å². The Labute approximate surface area is 137 Å². The van der Waals surface area contributed by atoms with E-state index in [1.54, 1.807) is 29.3 Å². The SMILES string of the molecule is Cc1nn(C)cc1C=Nc1sccc1C(=O)NCc1ccco1. The smallest absolute Gasteiger partial charge is 0.254 e. The third kappa shape index (κ3) is 3.57. The number of aromatic nitrogens is 2. The molecular formula is C16H16N4O2S. The van der Waals surface area contributed by atoms with Gasteiger partial charge in [0.25, 0.3) is 5.91 Å². The molecule has 0 saturated carbocycles. The Morgan fingerprint density at radius 1 is 1.52 bits per heavy atom. The average molecular weight is 328 g/mol. The molecule has 0 spiro atoms. The number of thiophene rings is 1. The monoisotopic (exact) mass is 328 g/mol. The first-order valence-electron chi connectivity index (χ1n) is 7.06. The predicted molar refractivity (Wildman–Crippen MR) is 89.4 cm³/mol. The summed E-state index contributed by atoms with van der Waals surface area (Å²) in [5.74, 6) is 0.544. The van der Waals surface area contributed by atoms with Crippen LogP contribution in [-0.2, 0) is 13.6 Å². The summed E-state index contributed by atoms with van der Waals surface area (Å²) in [6.45, 7) is 2.28. The van der Waals surface area contributed by atoms with E-state index < -0.39 is 0 Å². The summed E-state index contributed by atoms with van der Waals surface area (Å²) in [6.07, 6.45) is 5.21. The van der Waals surface area contributed by atoms with Gasteiger partial charge in [0.1, 0.15) is 10.8 Å². The molecule has 0 aliphatic carbocycles. The van der Waals surface area contributed by atoms with E-state index in [9.17, 15) is 4.79 Å². The fraction of sp³-hybridized carbons (Fsp3) is 0.188. The number of hydrogen-bond donors (Lipinski definition) is 1. The lowest BCUT2D eigenvalue weighted by Crippen LogP contribution is -2.22. The second kappa shape index (κ2) is 6.62. The van der Waals surface area contributed by atoms with E-state index in [0.717, 1.165) is 11.3 Å². The van der Waals surface area contributed by atoms with Crippen LogP contribution in [0.3, 0.4) is 0 Å². The molecule has 6 nitrogen and oxygen atoms in total. The van der Waals surface area contributed by atoms with Crippen molar-refractivity contribution >= 4 is 28.5 Å². The minimum Gasteiger partial charge on any atom is -0.467 e. The number of nitrogens with zero attached hydrogens (tertiary/aromatic N) is 3. The van der Waals surface area contributed by atoms with E-state index in [1.165, 1.54) is 11.3 Å².